The first-order valence-electron chi connectivity index (χ1n) is 7.48. The van der Waals surface area contributed by atoms with E-state index < -0.39 is 35.7 Å². The second kappa shape index (κ2) is 8.39. The highest BCUT2D eigenvalue weighted by molar-refractivity contribution is 7.12. The lowest BCUT2D eigenvalue weighted by molar-refractivity contribution is -0.154. The number of halogens is 1. The zero-order valence-corrected chi connectivity index (χ0v) is 14.4. The van der Waals surface area contributed by atoms with Gasteiger partial charge in [-0.05, 0) is 43.5 Å². The Labute approximate surface area is 148 Å². The highest BCUT2D eigenvalue weighted by atomic mass is 32.1. The number of esters is 1. The number of rotatable bonds is 6. The van der Waals surface area contributed by atoms with E-state index in [-0.39, 0.29) is 5.69 Å². The fraction of sp³-hybridized carbons (Fsp3) is 0.235. The van der Waals surface area contributed by atoms with Crippen LogP contribution >= 0.6 is 11.3 Å². The lowest BCUT2D eigenvalue weighted by Crippen LogP contribution is -2.42. The summed E-state index contributed by atoms with van der Waals surface area (Å²) in [4.78, 5) is 36.3. The van der Waals surface area contributed by atoms with Crippen LogP contribution in [0.25, 0.3) is 0 Å². The first-order valence-corrected chi connectivity index (χ1v) is 8.36. The Morgan fingerprint density at radius 2 is 1.92 bits per heavy atom. The van der Waals surface area contributed by atoms with Gasteiger partial charge >= 0.3 is 5.97 Å². The van der Waals surface area contributed by atoms with Crippen LogP contribution in [0.3, 0.4) is 0 Å². The minimum Gasteiger partial charge on any atom is -0.451 e. The average molecular weight is 364 g/mol. The average Bonchev–Trinajstić information content (AvgIpc) is 3.09. The normalized spacial score (nSPS) is 12.8. The van der Waals surface area contributed by atoms with E-state index in [1.165, 1.54) is 43.4 Å². The monoisotopic (exact) mass is 364 g/mol. The van der Waals surface area contributed by atoms with Crippen LogP contribution < -0.4 is 10.6 Å². The van der Waals surface area contributed by atoms with Crippen LogP contribution in [-0.2, 0) is 14.3 Å². The van der Waals surface area contributed by atoms with E-state index in [9.17, 15) is 18.8 Å². The van der Waals surface area contributed by atoms with Gasteiger partial charge in [0.25, 0.3) is 11.8 Å². The molecule has 2 atom stereocenters. The number of benzene rings is 1. The number of carbonyl (C=O) groups excluding carboxylic acids is 3. The molecule has 0 fully saturated rings. The van der Waals surface area contributed by atoms with E-state index in [0.717, 1.165) is 6.07 Å². The molecule has 0 saturated carbocycles. The summed E-state index contributed by atoms with van der Waals surface area (Å²) in [6, 6.07) is 7.80. The molecule has 0 radical (unpaired) electrons. The molecule has 0 unspecified atom stereocenters. The summed E-state index contributed by atoms with van der Waals surface area (Å²) >= 11 is 1.25. The van der Waals surface area contributed by atoms with Crippen molar-refractivity contribution in [2.24, 2.45) is 0 Å². The number of ether oxygens (including phenoxy) is 1. The van der Waals surface area contributed by atoms with Crippen LogP contribution in [0.1, 0.15) is 23.5 Å². The second-order valence-electron chi connectivity index (χ2n) is 5.25. The van der Waals surface area contributed by atoms with Crippen molar-refractivity contribution in [1.29, 1.82) is 0 Å². The first kappa shape index (κ1) is 18.6. The molecule has 132 valence electrons. The predicted octanol–water partition coefficient (Wildman–Crippen LogP) is 2.58. The highest BCUT2D eigenvalue weighted by Crippen LogP contribution is 2.11. The molecular weight excluding hydrogens is 347 g/mol. The van der Waals surface area contributed by atoms with Gasteiger partial charge in [-0.1, -0.05) is 12.1 Å². The maximum Gasteiger partial charge on any atom is 0.329 e. The van der Waals surface area contributed by atoms with Crippen molar-refractivity contribution in [3.05, 3.63) is 52.5 Å². The van der Waals surface area contributed by atoms with Gasteiger partial charge in [0.2, 0.25) is 0 Å². The summed E-state index contributed by atoms with van der Waals surface area (Å²) in [5, 5.41) is 6.69. The number of hydrogen-bond donors (Lipinski definition) is 2. The topological polar surface area (TPSA) is 84.5 Å². The Balaban J connectivity index is 1.86. The number of hydrogen-bond acceptors (Lipinski definition) is 5. The summed E-state index contributed by atoms with van der Waals surface area (Å²) < 4.78 is 18.1. The van der Waals surface area contributed by atoms with Crippen molar-refractivity contribution in [3.8, 4) is 0 Å². The van der Waals surface area contributed by atoms with E-state index in [0.29, 0.717) is 4.88 Å². The Hall–Kier alpha value is -2.74. The Morgan fingerprint density at radius 1 is 1.16 bits per heavy atom. The number of carbonyl (C=O) groups is 3. The lowest BCUT2D eigenvalue weighted by Gasteiger charge is -2.17. The van der Waals surface area contributed by atoms with E-state index in [4.69, 9.17) is 4.74 Å². The number of nitrogens with one attached hydrogen (secondary N) is 2. The SMILES string of the molecule is C[C@H](OC(=O)[C@@H](C)NC(=O)c1cccs1)C(=O)Nc1cccc(F)c1. The van der Waals surface area contributed by atoms with Crippen molar-refractivity contribution in [2.45, 2.75) is 26.0 Å². The third kappa shape index (κ3) is 5.39. The van der Waals surface area contributed by atoms with E-state index in [2.05, 4.69) is 10.6 Å². The summed E-state index contributed by atoms with van der Waals surface area (Å²) in [5.74, 6) is -2.23. The molecule has 25 heavy (non-hydrogen) atoms. The molecule has 2 amide bonds. The van der Waals surface area contributed by atoms with Gasteiger partial charge in [-0.3, -0.25) is 9.59 Å². The largest absolute Gasteiger partial charge is 0.451 e. The summed E-state index contributed by atoms with van der Waals surface area (Å²) in [5.41, 5.74) is 0.256. The summed E-state index contributed by atoms with van der Waals surface area (Å²) in [6.07, 6.45) is -1.10. The van der Waals surface area contributed by atoms with Crippen molar-refractivity contribution < 1.29 is 23.5 Å². The van der Waals surface area contributed by atoms with Crippen LogP contribution in [0.4, 0.5) is 10.1 Å². The molecule has 1 aromatic carbocycles. The molecular formula is C17H17FN2O4S. The van der Waals surface area contributed by atoms with Crippen LogP contribution in [0.15, 0.2) is 41.8 Å². The van der Waals surface area contributed by atoms with Gasteiger partial charge < -0.3 is 15.4 Å². The third-order valence-corrected chi connectivity index (χ3v) is 4.07. The molecule has 0 aliphatic carbocycles. The number of anilines is 1. The molecule has 0 aliphatic heterocycles. The molecule has 8 heteroatoms. The van der Waals surface area contributed by atoms with Gasteiger partial charge in [-0.25, -0.2) is 9.18 Å². The van der Waals surface area contributed by atoms with Gasteiger partial charge in [0.1, 0.15) is 11.9 Å². The second-order valence-corrected chi connectivity index (χ2v) is 6.20. The Kier molecular flexibility index (Phi) is 6.24. The standard InChI is InChI=1S/C17H17FN2O4S/c1-10(19-16(22)14-7-4-8-25-14)17(23)24-11(2)15(21)20-13-6-3-5-12(18)9-13/h3-11H,1-2H3,(H,19,22)(H,20,21)/t10-,11+/m1/s1. The predicted molar refractivity (Wildman–Crippen MR) is 91.8 cm³/mol. The van der Waals surface area contributed by atoms with Crippen LogP contribution in [-0.4, -0.2) is 29.9 Å². The zero-order valence-electron chi connectivity index (χ0n) is 13.6. The maximum absolute atomic E-state index is 13.1. The molecule has 2 aromatic rings. The van der Waals surface area contributed by atoms with E-state index in [1.54, 1.807) is 17.5 Å². The number of amides is 2. The van der Waals surface area contributed by atoms with Crippen molar-refractivity contribution in [2.75, 3.05) is 5.32 Å². The molecule has 0 aliphatic rings. The molecule has 1 aromatic heterocycles. The fourth-order valence-corrected chi connectivity index (χ4v) is 2.50. The quantitative estimate of drug-likeness (QED) is 0.772. The molecule has 0 saturated heterocycles. The highest BCUT2D eigenvalue weighted by Gasteiger charge is 2.23. The van der Waals surface area contributed by atoms with Gasteiger partial charge in [0.05, 0.1) is 4.88 Å². The van der Waals surface area contributed by atoms with Gasteiger partial charge in [0, 0.05) is 5.69 Å². The van der Waals surface area contributed by atoms with Crippen LogP contribution in [0, 0.1) is 5.82 Å². The zero-order chi connectivity index (χ0) is 18.4. The molecule has 0 spiro atoms. The fourth-order valence-electron chi connectivity index (χ4n) is 1.87. The summed E-state index contributed by atoms with van der Waals surface area (Å²) in [6.45, 7) is 2.85. The smallest absolute Gasteiger partial charge is 0.329 e. The van der Waals surface area contributed by atoms with Gasteiger partial charge in [0.15, 0.2) is 6.10 Å². The van der Waals surface area contributed by atoms with E-state index in [1.807, 2.05) is 0 Å². The minimum absolute atomic E-state index is 0.256. The van der Waals surface area contributed by atoms with Crippen LogP contribution in [0.2, 0.25) is 0 Å². The first-order chi connectivity index (χ1) is 11.9. The molecule has 0 bridgehead atoms. The van der Waals surface area contributed by atoms with Crippen molar-refractivity contribution in [3.63, 3.8) is 0 Å². The van der Waals surface area contributed by atoms with Gasteiger partial charge in [-0.15, -0.1) is 11.3 Å². The maximum atomic E-state index is 13.1. The Bertz CT molecular complexity index is 764. The van der Waals surface area contributed by atoms with E-state index >= 15 is 0 Å². The van der Waals surface area contributed by atoms with Crippen LogP contribution in [0.5, 0.6) is 0 Å². The lowest BCUT2D eigenvalue weighted by atomic mass is 10.3. The third-order valence-electron chi connectivity index (χ3n) is 3.20. The molecule has 2 rings (SSSR count). The molecule has 1 heterocycles. The van der Waals surface area contributed by atoms with Crippen molar-refractivity contribution in [1.82, 2.24) is 5.32 Å². The summed E-state index contributed by atoms with van der Waals surface area (Å²) in [7, 11) is 0. The number of thiophene rings is 1. The van der Waals surface area contributed by atoms with Crippen molar-refractivity contribution >= 4 is 34.8 Å². The molecule has 2 N–H and O–H groups in total. The van der Waals surface area contributed by atoms with Gasteiger partial charge in [-0.2, -0.15) is 0 Å². The Morgan fingerprint density at radius 3 is 2.56 bits per heavy atom. The minimum atomic E-state index is -1.10. The molecule has 6 nitrogen and oxygen atoms in total.